The maximum atomic E-state index is 5.60. The van der Waals surface area contributed by atoms with Gasteiger partial charge in [0, 0.05) is 11.5 Å². The van der Waals surface area contributed by atoms with Gasteiger partial charge in [0.05, 0.1) is 6.10 Å². The smallest absolute Gasteiger partial charge is 0.163 e. The highest BCUT2D eigenvalue weighted by Gasteiger charge is 2.44. The van der Waals surface area contributed by atoms with E-state index in [4.69, 9.17) is 9.47 Å². The monoisotopic (exact) mass is 159 g/mol. The highest BCUT2D eigenvalue weighted by atomic mass is 32.2. The van der Waals surface area contributed by atoms with Crippen LogP contribution in [0.15, 0.2) is 0 Å². The second-order valence-electron chi connectivity index (χ2n) is 3.11. The predicted octanol–water partition coefficient (Wildman–Crippen LogP) is 1.42. The van der Waals surface area contributed by atoms with Crippen molar-refractivity contribution in [3.8, 4) is 0 Å². The van der Waals surface area contributed by atoms with Crippen LogP contribution in [0.4, 0.5) is 0 Å². The first-order chi connectivity index (χ1) is 4.67. The topological polar surface area (TPSA) is 18.5 Å². The largest absolute Gasteiger partial charge is 0.344 e. The molecule has 2 saturated heterocycles. The average molecular weight is 159 g/mol. The van der Waals surface area contributed by atoms with Crippen LogP contribution in [0.5, 0.6) is 0 Å². The lowest BCUT2D eigenvalue weighted by atomic mass is 10.3. The van der Waals surface area contributed by atoms with E-state index >= 15 is 0 Å². The molecule has 0 amide bonds. The van der Waals surface area contributed by atoms with Crippen LogP contribution in [0.25, 0.3) is 0 Å². The Bertz CT molecular complexity index is 133. The molecule has 10 heavy (non-hydrogen) atoms. The Morgan fingerprint density at radius 1 is 1.50 bits per heavy atom. The van der Waals surface area contributed by atoms with Crippen molar-refractivity contribution in [3.05, 3.63) is 5.75 Å². The minimum atomic E-state index is -0.354. The van der Waals surface area contributed by atoms with Crippen LogP contribution in [0.2, 0.25) is 0 Å². The van der Waals surface area contributed by atoms with E-state index in [1.807, 2.05) is 13.8 Å². The summed E-state index contributed by atoms with van der Waals surface area (Å²) in [4.78, 5) is 0. The fourth-order valence-electron chi connectivity index (χ4n) is 1.35. The van der Waals surface area contributed by atoms with Crippen LogP contribution in [-0.4, -0.2) is 23.7 Å². The Balaban J connectivity index is 2.07. The van der Waals surface area contributed by atoms with Crippen molar-refractivity contribution < 1.29 is 9.47 Å². The Morgan fingerprint density at radius 2 is 2.30 bits per heavy atom. The van der Waals surface area contributed by atoms with Gasteiger partial charge in [0.2, 0.25) is 0 Å². The van der Waals surface area contributed by atoms with Crippen LogP contribution in [0.1, 0.15) is 13.8 Å². The molecule has 0 aliphatic carbocycles. The van der Waals surface area contributed by atoms with Gasteiger partial charge < -0.3 is 9.47 Å². The number of hydrogen-bond donors (Lipinski definition) is 0. The molecule has 2 rings (SSSR count). The highest BCUT2D eigenvalue weighted by Crippen LogP contribution is 2.38. The molecule has 0 aromatic rings. The molecule has 1 radical (unpaired) electrons. The molecule has 57 valence electrons. The van der Waals surface area contributed by atoms with Gasteiger partial charge >= 0.3 is 0 Å². The molecule has 2 fully saturated rings. The van der Waals surface area contributed by atoms with Gasteiger partial charge in [-0.15, -0.1) is 0 Å². The molecular weight excluding hydrogens is 148 g/mol. The van der Waals surface area contributed by atoms with Gasteiger partial charge in [0.25, 0.3) is 0 Å². The molecule has 0 aromatic heterocycles. The van der Waals surface area contributed by atoms with E-state index in [0.717, 1.165) is 5.75 Å². The van der Waals surface area contributed by atoms with Crippen LogP contribution in [0, 0.1) is 5.75 Å². The SMILES string of the molecule is CC1(C)OC2[CH]SCC2O1. The van der Waals surface area contributed by atoms with Crippen molar-refractivity contribution in [2.24, 2.45) is 0 Å². The summed E-state index contributed by atoms with van der Waals surface area (Å²) in [6, 6.07) is 0. The van der Waals surface area contributed by atoms with Crippen molar-refractivity contribution in [2.75, 3.05) is 5.75 Å². The van der Waals surface area contributed by atoms with Crippen LogP contribution >= 0.6 is 11.8 Å². The number of hydrogen-bond acceptors (Lipinski definition) is 3. The summed E-state index contributed by atoms with van der Waals surface area (Å²) in [5.74, 6) is 2.82. The molecule has 2 atom stereocenters. The molecule has 0 spiro atoms. The summed E-state index contributed by atoms with van der Waals surface area (Å²) in [5, 5.41) is 0. The molecule has 2 aliphatic rings. The summed E-state index contributed by atoms with van der Waals surface area (Å²) in [6.07, 6.45) is 0.542. The van der Waals surface area contributed by atoms with Crippen molar-refractivity contribution >= 4 is 11.8 Å². The molecule has 0 aromatic carbocycles. The second kappa shape index (κ2) is 2.13. The average Bonchev–Trinajstić information content (AvgIpc) is 2.20. The lowest BCUT2D eigenvalue weighted by Crippen LogP contribution is -2.22. The third-order valence-electron chi connectivity index (χ3n) is 1.71. The first-order valence-electron chi connectivity index (χ1n) is 3.48. The quantitative estimate of drug-likeness (QED) is 0.532. The third kappa shape index (κ3) is 1.06. The molecule has 0 saturated carbocycles. The normalized spacial score (nSPS) is 43.8. The minimum Gasteiger partial charge on any atom is -0.344 e. The first kappa shape index (κ1) is 6.95. The van der Waals surface area contributed by atoms with Gasteiger partial charge in [-0.2, -0.15) is 11.8 Å². The number of thioether (sulfide) groups is 1. The summed E-state index contributed by atoms with van der Waals surface area (Å²) < 4.78 is 11.2. The molecule has 0 bridgehead atoms. The predicted molar refractivity (Wildman–Crippen MR) is 40.6 cm³/mol. The molecule has 2 aliphatic heterocycles. The van der Waals surface area contributed by atoms with E-state index in [-0.39, 0.29) is 11.9 Å². The van der Waals surface area contributed by atoms with E-state index in [1.165, 1.54) is 0 Å². The standard InChI is InChI=1S/C7H11O2S/c1-7(2)8-5-3-10-4-6(5)9-7/h3,5-6H,4H2,1-2H3. The molecule has 3 heteroatoms. The summed E-state index contributed by atoms with van der Waals surface area (Å²) in [7, 11) is 0. The van der Waals surface area contributed by atoms with Crippen molar-refractivity contribution in [1.29, 1.82) is 0 Å². The lowest BCUT2D eigenvalue weighted by Gasteiger charge is -2.17. The lowest BCUT2D eigenvalue weighted by molar-refractivity contribution is -0.142. The first-order valence-corrected chi connectivity index (χ1v) is 4.53. The zero-order chi connectivity index (χ0) is 7.19. The van der Waals surface area contributed by atoms with Crippen LogP contribution in [-0.2, 0) is 9.47 Å². The van der Waals surface area contributed by atoms with E-state index in [9.17, 15) is 0 Å². The second-order valence-corrected chi connectivity index (χ2v) is 4.05. The fourth-order valence-corrected chi connectivity index (χ4v) is 2.33. The van der Waals surface area contributed by atoms with Gasteiger partial charge in [-0.3, -0.25) is 0 Å². The molecule has 0 N–H and O–H groups in total. The Kier molecular flexibility index (Phi) is 1.48. The van der Waals surface area contributed by atoms with Crippen LogP contribution < -0.4 is 0 Å². The zero-order valence-electron chi connectivity index (χ0n) is 6.16. The van der Waals surface area contributed by atoms with Gasteiger partial charge in [0.15, 0.2) is 5.79 Å². The summed E-state index contributed by atoms with van der Waals surface area (Å²) in [6.45, 7) is 3.92. The number of rotatable bonds is 0. The van der Waals surface area contributed by atoms with E-state index in [2.05, 4.69) is 5.75 Å². The van der Waals surface area contributed by atoms with Gasteiger partial charge in [-0.05, 0) is 13.8 Å². The summed E-state index contributed by atoms with van der Waals surface area (Å²) in [5.41, 5.74) is 0. The highest BCUT2D eigenvalue weighted by molar-refractivity contribution is 8.01. The van der Waals surface area contributed by atoms with E-state index < -0.39 is 0 Å². The maximum Gasteiger partial charge on any atom is 0.163 e. The van der Waals surface area contributed by atoms with Crippen molar-refractivity contribution in [1.82, 2.24) is 0 Å². The van der Waals surface area contributed by atoms with Gasteiger partial charge in [-0.25, -0.2) is 0 Å². The molecule has 2 heterocycles. The molecule has 2 nitrogen and oxygen atoms in total. The minimum absolute atomic E-state index is 0.236. The Labute approximate surface area is 65.3 Å². The fraction of sp³-hybridized carbons (Fsp3) is 0.857. The zero-order valence-corrected chi connectivity index (χ0v) is 6.98. The molecular formula is C7H11O2S. The number of ether oxygens (including phenoxy) is 2. The Morgan fingerprint density at radius 3 is 3.00 bits per heavy atom. The van der Waals surface area contributed by atoms with Gasteiger partial charge in [0.1, 0.15) is 6.10 Å². The van der Waals surface area contributed by atoms with Crippen molar-refractivity contribution in [2.45, 2.75) is 31.8 Å². The van der Waals surface area contributed by atoms with E-state index in [0.29, 0.717) is 6.10 Å². The summed E-state index contributed by atoms with van der Waals surface area (Å²) >= 11 is 1.79. The maximum absolute atomic E-state index is 5.60. The van der Waals surface area contributed by atoms with Crippen molar-refractivity contribution in [3.63, 3.8) is 0 Å². The molecule has 2 unspecified atom stereocenters. The van der Waals surface area contributed by atoms with Gasteiger partial charge in [-0.1, -0.05) is 0 Å². The van der Waals surface area contributed by atoms with Crippen LogP contribution in [0.3, 0.4) is 0 Å². The number of fused-ring (bicyclic) bond motifs is 1. The van der Waals surface area contributed by atoms with E-state index in [1.54, 1.807) is 11.8 Å². The Hall–Kier alpha value is 0.270. The third-order valence-corrected chi connectivity index (χ3v) is 2.69.